The summed E-state index contributed by atoms with van der Waals surface area (Å²) in [5.41, 5.74) is 0.150. The average molecular weight is 326 g/mol. The number of alkyl halides is 3. The molecule has 0 radical (unpaired) electrons. The number of urea groups is 1. The Labute approximate surface area is 130 Å². The van der Waals surface area contributed by atoms with Crippen molar-refractivity contribution in [1.29, 1.82) is 0 Å². The van der Waals surface area contributed by atoms with Crippen LogP contribution in [0.2, 0.25) is 0 Å². The molecule has 0 fully saturated rings. The predicted molar refractivity (Wildman–Crippen MR) is 76.9 cm³/mol. The first kappa shape index (κ1) is 16.8. The van der Waals surface area contributed by atoms with E-state index in [1.807, 2.05) is 0 Å². The van der Waals surface area contributed by atoms with Crippen LogP contribution >= 0.6 is 0 Å². The first-order valence-electron chi connectivity index (χ1n) is 6.77. The molecular formula is C16H14F4N2O. The minimum absolute atomic E-state index is 0.0428. The topological polar surface area (TPSA) is 41.1 Å². The van der Waals surface area contributed by atoms with E-state index >= 15 is 0 Å². The zero-order chi connectivity index (χ0) is 16.9. The molecule has 2 rings (SSSR count). The van der Waals surface area contributed by atoms with Gasteiger partial charge in [-0.05, 0) is 35.4 Å². The molecular weight excluding hydrogens is 312 g/mol. The van der Waals surface area contributed by atoms with E-state index in [4.69, 9.17) is 0 Å². The maximum atomic E-state index is 13.0. The summed E-state index contributed by atoms with van der Waals surface area (Å²) in [5.74, 6) is -0.409. The Morgan fingerprint density at radius 2 is 1.48 bits per heavy atom. The van der Waals surface area contributed by atoms with Crippen molar-refractivity contribution in [3.63, 3.8) is 0 Å². The Hall–Kier alpha value is -2.57. The molecule has 0 spiro atoms. The number of nitrogens with one attached hydrogen (secondary N) is 2. The molecule has 2 aromatic rings. The van der Waals surface area contributed by atoms with Gasteiger partial charge in [-0.1, -0.05) is 24.3 Å². The van der Waals surface area contributed by atoms with Gasteiger partial charge in [0.2, 0.25) is 0 Å². The molecule has 2 N–H and O–H groups in total. The van der Waals surface area contributed by atoms with E-state index in [0.717, 1.165) is 12.1 Å². The molecule has 122 valence electrons. The Morgan fingerprint density at radius 1 is 0.913 bits per heavy atom. The van der Waals surface area contributed by atoms with Gasteiger partial charge in [-0.25, -0.2) is 9.18 Å². The normalized spacial score (nSPS) is 11.1. The van der Waals surface area contributed by atoms with Crippen LogP contribution in [0, 0.1) is 5.82 Å². The second-order valence-corrected chi connectivity index (χ2v) is 4.86. The molecule has 0 aromatic heterocycles. The number of carbonyl (C=O) groups is 1. The minimum Gasteiger partial charge on any atom is -0.334 e. The fourth-order valence-electron chi connectivity index (χ4n) is 1.93. The Bertz CT molecular complexity index is 686. The van der Waals surface area contributed by atoms with Crippen molar-refractivity contribution >= 4 is 6.03 Å². The lowest BCUT2D eigenvalue weighted by atomic mass is 10.1. The smallest absolute Gasteiger partial charge is 0.334 e. The first-order chi connectivity index (χ1) is 10.8. The third-order valence-electron chi connectivity index (χ3n) is 3.05. The third kappa shape index (κ3) is 5.28. The van der Waals surface area contributed by atoms with Gasteiger partial charge in [0.25, 0.3) is 0 Å². The molecule has 0 saturated carbocycles. The summed E-state index contributed by atoms with van der Waals surface area (Å²) in [6.07, 6.45) is -4.42. The average Bonchev–Trinajstić information content (AvgIpc) is 2.50. The zero-order valence-corrected chi connectivity index (χ0v) is 12.0. The van der Waals surface area contributed by atoms with Crippen LogP contribution in [0.5, 0.6) is 0 Å². The van der Waals surface area contributed by atoms with Crippen molar-refractivity contribution in [2.45, 2.75) is 19.3 Å². The molecule has 3 nitrogen and oxygen atoms in total. The van der Waals surface area contributed by atoms with E-state index < -0.39 is 23.6 Å². The lowest BCUT2D eigenvalue weighted by molar-refractivity contribution is -0.137. The van der Waals surface area contributed by atoms with Gasteiger partial charge in [-0.3, -0.25) is 0 Å². The van der Waals surface area contributed by atoms with Crippen molar-refractivity contribution in [2.75, 3.05) is 0 Å². The van der Waals surface area contributed by atoms with E-state index in [2.05, 4.69) is 10.6 Å². The standard InChI is InChI=1S/C16H14F4N2O/c17-14-6-2-4-12(8-14)10-22-15(23)21-9-11-3-1-5-13(7-11)16(18,19)20/h1-8H,9-10H2,(H2,21,22,23). The van der Waals surface area contributed by atoms with Crippen LogP contribution in [0.4, 0.5) is 22.4 Å². The summed E-state index contributed by atoms with van der Waals surface area (Å²) in [4.78, 5) is 11.6. The lowest BCUT2D eigenvalue weighted by Gasteiger charge is -2.10. The van der Waals surface area contributed by atoms with Gasteiger partial charge < -0.3 is 10.6 Å². The molecule has 0 aliphatic carbocycles. The van der Waals surface area contributed by atoms with Gasteiger partial charge in [0, 0.05) is 13.1 Å². The van der Waals surface area contributed by atoms with E-state index in [1.165, 1.54) is 30.3 Å². The molecule has 0 saturated heterocycles. The van der Waals surface area contributed by atoms with E-state index in [9.17, 15) is 22.4 Å². The van der Waals surface area contributed by atoms with Gasteiger partial charge >= 0.3 is 12.2 Å². The highest BCUT2D eigenvalue weighted by atomic mass is 19.4. The highest BCUT2D eigenvalue weighted by Crippen LogP contribution is 2.29. The van der Waals surface area contributed by atoms with Crippen LogP contribution in [0.3, 0.4) is 0 Å². The van der Waals surface area contributed by atoms with Crippen LogP contribution in [0.15, 0.2) is 48.5 Å². The molecule has 2 aromatic carbocycles. The molecule has 2 amide bonds. The number of hydrogen-bond donors (Lipinski definition) is 2. The zero-order valence-electron chi connectivity index (χ0n) is 12.0. The molecule has 0 unspecified atom stereocenters. The molecule has 23 heavy (non-hydrogen) atoms. The molecule has 0 atom stereocenters. The van der Waals surface area contributed by atoms with Gasteiger partial charge in [0.15, 0.2) is 0 Å². The Kier molecular flexibility index (Phi) is 5.20. The quantitative estimate of drug-likeness (QED) is 0.824. The summed E-state index contributed by atoms with van der Waals surface area (Å²) in [6, 6.07) is 9.91. The monoisotopic (exact) mass is 326 g/mol. The number of amides is 2. The highest BCUT2D eigenvalue weighted by molar-refractivity contribution is 5.73. The molecule has 0 aliphatic heterocycles. The summed E-state index contributed by atoms with van der Waals surface area (Å²) in [6.45, 7) is 0.0745. The maximum absolute atomic E-state index is 13.0. The third-order valence-corrected chi connectivity index (χ3v) is 3.05. The summed E-state index contributed by atoms with van der Waals surface area (Å²) in [5, 5.41) is 4.95. The number of carbonyl (C=O) groups excluding carboxylic acids is 1. The number of hydrogen-bond acceptors (Lipinski definition) is 1. The minimum atomic E-state index is -4.42. The highest BCUT2D eigenvalue weighted by Gasteiger charge is 2.30. The number of benzene rings is 2. The number of halogens is 4. The molecule has 7 heteroatoms. The largest absolute Gasteiger partial charge is 0.416 e. The second kappa shape index (κ2) is 7.13. The maximum Gasteiger partial charge on any atom is 0.416 e. The fraction of sp³-hybridized carbons (Fsp3) is 0.188. The molecule has 0 aliphatic rings. The first-order valence-corrected chi connectivity index (χ1v) is 6.77. The Balaban J connectivity index is 1.85. The van der Waals surface area contributed by atoms with Crippen molar-refractivity contribution in [3.8, 4) is 0 Å². The van der Waals surface area contributed by atoms with E-state index in [0.29, 0.717) is 11.1 Å². The van der Waals surface area contributed by atoms with Crippen LogP contribution in [0.25, 0.3) is 0 Å². The van der Waals surface area contributed by atoms with E-state index in [1.54, 1.807) is 6.07 Å². The fourth-order valence-corrected chi connectivity index (χ4v) is 1.93. The second-order valence-electron chi connectivity index (χ2n) is 4.86. The summed E-state index contributed by atoms with van der Waals surface area (Å²) >= 11 is 0. The summed E-state index contributed by atoms with van der Waals surface area (Å²) < 4.78 is 50.7. The van der Waals surface area contributed by atoms with Crippen molar-refractivity contribution in [1.82, 2.24) is 10.6 Å². The molecule has 0 heterocycles. The van der Waals surface area contributed by atoms with Gasteiger partial charge in [-0.15, -0.1) is 0 Å². The Morgan fingerprint density at radius 3 is 2.04 bits per heavy atom. The lowest BCUT2D eigenvalue weighted by Crippen LogP contribution is -2.34. The van der Waals surface area contributed by atoms with Crippen molar-refractivity contribution in [2.24, 2.45) is 0 Å². The van der Waals surface area contributed by atoms with E-state index in [-0.39, 0.29) is 13.1 Å². The van der Waals surface area contributed by atoms with Gasteiger partial charge in [-0.2, -0.15) is 13.2 Å². The van der Waals surface area contributed by atoms with Crippen LogP contribution < -0.4 is 10.6 Å². The van der Waals surface area contributed by atoms with Crippen LogP contribution in [-0.4, -0.2) is 6.03 Å². The number of rotatable bonds is 4. The van der Waals surface area contributed by atoms with Crippen LogP contribution in [0.1, 0.15) is 16.7 Å². The van der Waals surface area contributed by atoms with Crippen molar-refractivity contribution < 1.29 is 22.4 Å². The molecule has 0 bridgehead atoms. The summed E-state index contributed by atoms with van der Waals surface area (Å²) in [7, 11) is 0. The van der Waals surface area contributed by atoms with Gasteiger partial charge in [0.05, 0.1) is 5.56 Å². The van der Waals surface area contributed by atoms with Crippen LogP contribution in [-0.2, 0) is 19.3 Å². The SMILES string of the molecule is O=C(NCc1cccc(F)c1)NCc1cccc(C(F)(F)F)c1. The van der Waals surface area contributed by atoms with Gasteiger partial charge in [0.1, 0.15) is 5.82 Å². The van der Waals surface area contributed by atoms with Crippen molar-refractivity contribution in [3.05, 3.63) is 71.0 Å². The predicted octanol–water partition coefficient (Wildman–Crippen LogP) is 3.84.